The molecule has 0 saturated heterocycles. The maximum absolute atomic E-state index is 11.8. The lowest BCUT2D eigenvalue weighted by Gasteiger charge is -2.23. The smallest absolute Gasteiger partial charge is 0.297 e. The number of carbonyl (C=O) groups excluding carboxylic acids is 1. The van der Waals surface area contributed by atoms with Crippen LogP contribution in [0.5, 0.6) is 0 Å². The Morgan fingerprint density at radius 1 is 1.09 bits per heavy atom. The van der Waals surface area contributed by atoms with E-state index in [1.165, 1.54) is 12.1 Å². The van der Waals surface area contributed by atoms with E-state index in [9.17, 15) is 28.5 Å². The number of aliphatic hydroxyl groups excluding tert-OH is 4. The minimum absolute atomic E-state index is 0.0233. The predicted octanol–water partition coefficient (Wildman–Crippen LogP) is -1.66. The van der Waals surface area contributed by atoms with Gasteiger partial charge in [0.15, 0.2) is 6.29 Å². The molecule has 0 unspecified atom stereocenters. The molecule has 1 aromatic carbocycles. The molecule has 22 heavy (non-hydrogen) atoms. The molecule has 9 heteroatoms. The summed E-state index contributed by atoms with van der Waals surface area (Å²) in [5.41, 5.74) is 0.848. The van der Waals surface area contributed by atoms with Crippen LogP contribution in [0, 0.1) is 6.92 Å². The highest BCUT2D eigenvalue weighted by molar-refractivity contribution is 7.86. The lowest BCUT2D eigenvalue weighted by Crippen LogP contribution is -2.46. The largest absolute Gasteiger partial charge is 0.388 e. The molecule has 4 N–H and O–H groups in total. The number of hydrogen-bond donors (Lipinski definition) is 4. The van der Waals surface area contributed by atoms with Gasteiger partial charge >= 0.3 is 0 Å². The molecule has 4 atom stereocenters. The van der Waals surface area contributed by atoms with Gasteiger partial charge in [-0.2, -0.15) is 8.42 Å². The second-order valence-corrected chi connectivity index (χ2v) is 6.34. The number of aldehydes is 1. The Morgan fingerprint density at radius 2 is 1.64 bits per heavy atom. The number of rotatable bonds is 8. The van der Waals surface area contributed by atoms with E-state index in [2.05, 4.69) is 4.18 Å². The van der Waals surface area contributed by atoms with Crippen LogP contribution in [0.25, 0.3) is 0 Å². The topological polar surface area (TPSA) is 141 Å². The van der Waals surface area contributed by atoms with Crippen molar-refractivity contribution in [3.8, 4) is 0 Å². The normalized spacial score (nSPS) is 17.5. The summed E-state index contributed by atoms with van der Waals surface area (Å²) in [5, 5.41) is 37.4. The first-order valence-corrected chi connectivity index (χ1v) is 7.73. The lowest BCUT2D eigenvalue weighted by atomic mass is 10.0. The van der Waals surface area contributed by atoms with Crippen LogP contribution in [0.15, 0.2) is 29.2 Å². The monoisotopic (exact) mass is 334 g/mol. The molecule has 0 aliphatic heterocycles. The third kappa shape index (κ3) is 4.83. The van der Waals surface area contributed by atoms with Gasteiger partial charge in [-0.05, 0) is 19.1 Å². The summed E-state index contributed by atoms with van der Waals surface area (Å²) in [4.78, 5) is 10.1. The van der Waals surface area contributed by atoms with Crippen LogP contribution in [-0.2, 0) is 19.1 Å². The van der Waals surface area contributed by atoms with E-state index in [4.69, 9.17) is 5.11 Å². The maximum Gasteiger partial charge on any atom is 0.297 e. The standard InChI is InChI=1S/C13H18O8S/c1-8-2-4-9(5-3-8)22(19,20)21-7-11(16)13(18)12(17)10(15)6-14/h2-6,10-13,15-18H,7H2,1H3/t10-,11+,12+,13-/m1/s1. The highest BCUT2D eigenvalue weighted by Gasteiger charge is 2.31. The quantitative estimate of drug-likeness (QED) is 0.327. The second kappa shape index (κ2) is 7.77. The van der Waals surface area contributed by atoms with Crippen molar-refractivity contribution in [2.75, 3.05) is 6.61 Å². The van der Waals surface area contributed by atoms with Crippen molar-refractivity contribution in [1.82, 2.24) is 0 Å². The second-order valence-electron chi connectivity index (χ2n) is 4.73. The SMILES string of the molecule is Cc1ccc(S(=O)(=O)OC[C@H](O)[C@@H](O)[C@@H](O)[C@H](O)C=O)cc1. The zero-order valence-corrected chi connectivity index (χ0v) is 12.5. The van der Waals surface area contributed by atoms with Crippen molar-refractivity contribution in [2.45, 2.75) is 36.2 Å². The molecule has 0 amide bonds. The molecule has 0 fully saturated rings. The summed E-state index contributed by atoms with van der Waals surface area (Å²) >= 11 is 0. The summed E-state index contributed by atoms with van der Waals surface area (Å²) in [6, 6.07) is 5.76. The number of carbonyl (C=O) groups is 1. The van der Waals surface area contributed by atoms with E-state index in [1.54, 1.807) is 19.1 Å². The number of benzene rings is 1. The Morgan fingerprint density at radius 3 is 2.14 bits per heavy atom. The highest BCUT2D eigenvalue weighted by Crippen LogP contribution is 2.14. The van der Waals surface area contributed by atoms with Crippen LogP contribution in [0.1, 0.15) is 5.56 Å². The van der Waals surface area contributed by atoms with E-state index < -0.39 is 41.1 Å². The van der Waals surface area contributed by atoms with Crippen molar-refractivity contribution in [3.63, 3.8) is 0 Å². The average Bonchev–Trinajstić information content (AvgIpc) is 2.50. The number of aryl methyl sites for hydroxylation is 1. The van der Waals surface area contributed by atoms with E-state index in [0.717, 1.165) is 5.56 Å². The number of aliphatic hydroxyl groups is 4. The molecule has 0 heterocycles. The van der Waals surface area contributed by atoms with Crippen molar-refractivity contribution in [2.24, 2.45) is 0 Å². The van der Waals surface area contributed by atoms with Crippen molar-refractivity contribution >= 4 is 16.4 Å². The van der Waals surface area contributed by atoms with E-state index >= 15 is 0 Å². The molecule has 0 saturated carbocycles. The first kappa shape index (κ1) is 18.7. The molecule has 0 bridgehead atoms. The van der Waals surface area contributed by atoms with Crippen LogP contribution in [0.2, 0.25) is 0 Å². The predicted molar refractivity (Wildman–Crippen MR) is 74.4 cm³/mol. The van der Waals surface area contributed by atoms with Crippen LogP contribution in [0.3, 0.4) is 0 Å². The summed E-state index contributed by atoms with van der Waals surface area (Å²) in [7, 11) is -4.14. The van der Waals surface area contributed by atoms with Crippen LogP contribution >= 0.6 is 0 Å². The summed E-state index contributed by atoms with van der Waals surface area (Å²) < 4.78 is 28.3. The molecule has 124 valence electrons. The van der Waals surface area contributed by atoms with E-state index in [-0.39, 0.29) is 11.2 Å². The Bertz CT molecular complexity index is 583. The Hall–Kier alpha value is -1.36. The molecule has 0 spiro atoms. The first-order chi connectivity index (χ1) is 10.2. The van der Waals surface area contributed by atoms with Gasteiger partial charge in [-0.1, -0.05) is 17.7 Å². The maximum atomic E-state index is 11.8. The van der Waals surface area contributed by atoms with Crippen molar-refractivity contribution in [3.05, 3.63) is 29.8 Å². The summed E-state index contributed by atoms with van der Waals surface area (Å²) in [5.74, 6) is 0. The molecular formula is C13H18O8S. The van der Waals surface area contributed by atoms with Crippen LogP contribution < -0.4 is 0 Å². The molecule has 8 nitrogen and oxygen atoms in total. The van der Waals surface area contributed by atoms with Crippen molar-refractivity contribution in [1.29, 1.82) is 0 Å². The first-order valence-electron chi connectivity index (χ1n) is 6.32. The average molecular weight is 334 g/mol. The fourth-order valence-corrected chi connectivity index (χ4v) is 2.47. The molecule has 0 aromatic heterocycles. The zero-order valence-electron chi connectivity index (χ0n) is 11.7. The van der Waals surface area contributed by atoms with Gasteiger partial charge in [-0.25, -0.2) is 0 Å². The van der Waals surface area contributed by atoms with Gasteiger partial charge in [0.2, 0.25) is 0 Å². The Kier molecular flexibility index (Phi) is 6.60. The van der Waals surface area contributed by atoms with Crippen LogP contribution in [-0.4, -0.2) is 66.2 Å². The molecule has 1 aromatic rings. The summed E-state index contributed by atoms with van der Waals surface area (Å²) in [6.07, 6.45) is -7.65. The zero-order chi connectivity index (χ0) is 16.9. The fraction of sp³-hybridized carbons (Fsp3) is 0.462. The fourth-order valence-electron chi connectivity index (χ4n) is 1.54. The van der Waals surface area contributed by atoms with Gasteiger partial charge in [0.25, 0.3) is 10.1 Å². The van der Waals surface area contributed by atoms with Gasteiger partial charge in [-0.15, -0.1) is 0 Å². The van der Waals surface area contributed by atoms with E-state index in [1.807, 2.05) is 0 Å². The Balaban J connectivity index is 2.68. The molecule has 0 radical (unpaired) electrons. The molecule has 0 aliphatic carbocycles. The third-order valence-corrected chi connectivity index (χ3v) is 4.23. The van der Waals surface area contributed by atoms with Gasteiger partial charge in [0.1, 0.15) is 24.4 Å². The van der Waals surface area contributed by atoms with Gasteiger partial charge in [0.05, 0.1) is 11.5 Å². The Labute approximate surface area is 127 Å². The lowest BCUT2D eigenvalue weighted by molar-refractivity contribution is -0.135. The number of hydrogen-bond acceptors (Lipinski definition) is 8. The van der Waals surface area contributed by atoms with E-state index in [0.29, 0.717) is 0 Å². The van der Waals surface area contributed by atoms with Gasteiger partial charge in [0, 0.05) is 0 Å². The molecular weight excluding hydrogens is 316 g/mol. The molecule has 1 rings (SSSR count). The van der Waals surface area contributed by atoms with Crippen LogP contribution in [0.4, 0.5) is 0 Å². The van der Waals surface area contributed by atoms with Gasteiger partial charge < -0.3 is 25.2 Å². The minimum atomic E-state index is -4.14. The van der Waals surface area contributed by atoms with Gasteiger partial charge in [-0.3, -0.25) is 4.18 Å². The minimum Gasteiger partial charge on any atom is -0.388 e. The highest BCUT2D eigenvalue weighted by atomic mass is 32.2. The third-order valence-electron chi connectivity index (χ3n) is 2.94. The van der Waals surface area contributed by atoms with Crippen molar-refractivity contribution < 1.29 is 37.8 Å². The molecule has 0 aliphatic rings. The summed E-state index contributed by atoms with van der Waals surface area (Å²) in [6.45, 7) is 0.928.